The monoisotopic (exact) mass is 403 g/mol. The zero-order valence-corrected chi connectivity index (χ0v) is 15.8. The molecule has 1 aromatic carbocycles. The van der Waals surface area contributed by atoms with Gasteiger partial charge in [0.25, 0.3) is 5.91 Å². The van der Waals surface area contributed by atoms with Crippen LogP contribution in [0.15, 0.2) is 63.7 Å². The SMILES string of the molecule is Cc1ccc(CN(CCc2ccccc2)C(=O)c2ccc(Br)o2)s1. The van der Waals surface area contributed by atoms with Crippen molar-refractivity contribution in [1.82, 2.24) is 4.90 Å². The van der Waals surface area contributed by atoms with Gasteiger partial charge in [-0.15, -0.1) is 11.3 Å². The van der Waals surface area contributed by atoms with Gasteiger partial charge in [0, 0.05) is 16.3 Å². The van der Waals surface area contributed by atoms with Crippen molar-refractivity contribution in [2.24, 2.45) is 0 Å². The number of hydrogen-bond donors (Lipinski definition) is 0. The summed E-state index contributed by atoms with van der Waals surface area (Å²) in [4.78, 5) is 17.1. The molecule has 0 saturated heterocycles. The van der Waals surface area contributed by atoms with Crippen molar-refractivity contribution in [1.29, 1.82) is 0 Å². The van der Waals surface area contributed by atoms with Crippen molar-refractivity contribution in [2.45, 2.75) is 19.9 Å². The first-order valence-electron chi connectivity index (χ1n) is 7.75. The van der Waals surface area contributed by atoms with E-state index in [-0.39, 0.29) is 5.91 Å². The summed E-state index contributed by atoms with van der Waals surface area (Å²) in [5.74, 6) is 0.283. The highest BCUT2D eigenvalue weighted by Crippen LogP contribution is 2.21. The molecule has 0 radical (unpaired) electrons. The van der Waals surface area contributed by atoms with Crippen LogP contribution in [0.3, 0.4) is 0 Å². The fraction of sp³-hybridized carbons (Fsp3) is 0.211. The number of carbonyl (C=O) groups is 1. The highest BCUT2D eigenvalue weighted by molar-refractivity contribution is 9.10. The molecule has 0 aliphatic heterocycles. The first kappa shape index (κ1) is 17.0. The second-order valence-electron chi connectivity index (χ2n) is 5.58. The molecule has 1 amide bonds. The topological polar surface area (TPSA) is 33.5 Å². The normalized spacial score (nSPS) is 10.8. The Morgan fingerprint density at radius 1 is 1.12 bits per heavy atom. The molecule has 0 atom stereocenters. The van der Waals surface area contributed by atoms with E-state index in [2.05, 4.69) is 47.1 Å². The van der Waals surface area contributed by atoms with E-state index in [1.807, 2.05) is 23.1 Å². The van der Waals surface area contributed by atoms with Gasteiger partial charge in [0.2, 0.25) is 0 Å². The number of hydrogen-bond acceptors (Lipinski definition) is 3. The van der Waals surface area contributed by atoms with Crippen LogP contribution in [0.25, 0.3) is 0 Å². The fourth-order valence-corrected chi connectivity index (χ4v) is 3.72. The molecule has 24 heavy (non-hydrogen) atoms. The molecule has 5 heteroatoms. The van der Waals surface area contributed by atoms with Crippen LogP contribution in [0.2, 0.25) is 0 Å². The Balaban J connectivity index is 1.76. The van der Waals surface area contributed by atoms with Crippen LogP contribution >= 0.6 is 27.3 Å². The van der Waals surface area contributed by atoms with Gasteiger partial charge >= 0.3 is 0 Å². The minimum absolute atomic E-state index is 0.0808. The highest BCUT2D eigenvalue weighted by Gasteiger charge is 2.20. The Morgan fingerprint density at radius 3 is 2.54 bits per heavy atom. The second-order valence-corrected chi connectivity index (χ2v) is 7.73. The number of halogens is 1. The van der Waals surface area contributed by atoms with E-state index < -0.39 is 0 Å². The van der Waals surface area contributed by atoms with Crippen molar-refractivity contribution in [2.75, 3.05) is 6.54 Å². The maximum absolute atomic E-state index is 12.8. The lowest BCUT2D eigenvalue weighted by Crippen LogP contribution is -2.32. The van der Waals surface area contributed by atoms with Crippen LogP contribution in [-0.2, 0) is 13.0 Å². The van der Waals surface area contributed by atoms with E-state index in [0.717, 1.165) is 6.42 Å². The number of aryl methyl sites for hydroxylation is 1. The molecule has 2 aromatic heterocycles. The molecule has 3 rings (SSSR count). The fourth-order valence-electron chi connectivity index (χ4n) is 2.50. The quantitative estimate of drug-likeness (QED) is 0.559. The Kier molecular flexibility index (Phi) is 5.53. The molecule has 124 valence electrons. The van der Waals surface area contributed by atoms with Crippen molar-refractivity contribution in [3.05, 3.63) is 80.3 Å². The highest BCUT2D eigenvalue weighted by atomic mass is 79.9. The zero-order chi connectivity index (χ0) is 16.9. The molecular weight excluding hydrogens is 386 g/mol. The molecule has 2 heterocycles. The number of furan rings is 1. The number of carbonyl (C=O) groups excluding carboxylic acids is 1. The lowest BCUT2D eigenvalue weighted by atomic mass is 10.1. The minimum Gasteiger partial charge on any atom is -0.444 e. The maximum atomic E-state index is 12.8. The Bertz CT molecular complexity index is 810. The summed E-state index contributed by atoms with van der Waals surface area (Å²) < 4.78 is 6.02. The van der Waals surface area contributed by atoms with Gasteiger partial charge in [0.05, 0.1) is 6.54 Å². The molecule has 3 nitrogen and oxygen atoms in total. The predicted octanol–water partition coefficient (Wildman–Crippen LogP) is 5.30. The summed E-state index contributed by atoms with van der Waals surface area (Å²) in [6.45, 7) is 3.33. The summed E-state index contributed by atoms with van der Waals surface area (Å²) in [5, 5.41) is 0. The maximum Gasteiger partial charge on any atom is 0.289 e. The summed E-state index contributed by atoms with van der Waals surface area (Å²) in [7, 11) is 0. The van der Waals surface area contributed by atoms with Gasteiger partial charge in [-0.05, 0) is 59.1 Å². The predicted molar refractivity (Wildman–Crippen MR) is 100 cm³/mol. The summed E-state index contributed by atoms with van der Waals surface area (Å²) in [5.41, 5.74) is 1.22. The number of rotatable bonds is 6. The summed E-state index contributed by atoms with van der Waals surface area (Å²) in [6.07, 6.45) is 0.818. The summed E-state index contributed by atoms with van der Waals surface area (Å²) >= 11 is 4.98. The number of thiophene rings is 1. The van der Waals surface area contributed by atoms with Gasteiger partial charge in [0.15, 0.2) is 10.4 Å². The molecule has 0 bridgehead atoms. The molecule has 0 spiro atoms. The third-order valence-electron chi connectivity index (χ3n) is 3.73. The molecule has 0 N–H and O–H groups in total. The molecule has 3 aromatic rings. The number of nitrogens with zero attached hydrogens (tertiary/aromatic N) is 1. The minimum atomic E-state index is -0.0808. The first-order chi connectivity index (χ1) is 11.6. The summed E-state index contributed by atoms with van der Waals surface area (Å²) in [6, 6.07) is 17.8. The van der Waals surface area contributed by atoms with E-state index in [4.69, 9.17) is 4.42 Å². The van der Waals surface area contributed by atoms with Gasteiger partial charge in [0.1, 0.15) is 0 Å². The van der Waals surface area contributed by atoms with Crippen molar-refractivity contribution >= 4 is 33.2 Å². The molecular formula is C19H18BrNO2S. The average Bonchev–Trinajstić information content (AvgIpc) is 3.20. The van der Waals surface area contributed by atoms with Crippen LogP contribution < -0.4 is 0 Å². The largest absolute Gasteiger partial charge is 0.444 e. The van der Waals surface area contributed by atoms with Crippen LogP contribution in [0.4, 0.5) is 0 Å². The van der Waals surface area contributed by atoms with E-state index in [9.17, 15) is 4.79 Å². The molecule has 0 aliphatic rings. The van der Waals surface area contributed by atoms with Crippen molar-refractivity contribution in [3.63, 3.8) is 0 Å². The lowest BCUT2D eigenvalue weighted by Gasteiger charge is -2.21. The van der Waals surface area contributed by atoms with E-state index in [1.54, 1.807) is 23.5 Å². The van der Waals surface area contributed by atoms with Gasteiger partial charge in [-0.1, -0.05) is 30.3 Å². The first-order valence-corrected chi connectivity index (χ1v) is 9.36. The lowest BCUT2D eigenvalue weighted by molar-refractivity contribution is 0.0713. The van der Waals surface area contributed by atoms with Crippen molar-refractivity contribution in [3.8, 4) is 0 Å². The molecule has 0 aliphatic carbocycles. The van der Waals surface area contributed by atoms with Gasteiger partial charge in [-0.3, -0.25) is 4.79 Å². The smallest absolute Gasteiger partial charge is 0.289 e. The third kappa shape index (κ3) is 4.36. The third-order valence-corrected chi connectivity index (χ3v) is 5.14. The van der Waals surface area contributed by atoms with Crippen LogP contribution in [0, 0.1) is 6.92 Å². The Morgan fingerprint density at radius 2 is 1.92 bits per heavy atom. The molecule has 0 saturated carbocycles. The average molecular weight is 404 g/mol. The van der Waals surface area contributed by atoms with E-state index in [1.165, 1.54) is 15.3 Å². The van der Waals surface area contributed by atoms with Crippen LogP contribution in [-0.4, -0.2) is 17.4 Å². The van der Waals surface area contributed by atoms with Gasteiger partial charge < -0.3 is 9.32 Å². The number of benzene rings is 1. The molecule has 0 fully saturated rings. The van der Waals surface area contributed by atoms with E-state index >= 15 is 0 Å². The second kappa shape index (κ2) is 7.81. The van der Waals surface area contributed by atoms with Crippen LogP contribution in [0.5, 0.6) is 0 Å². The zero-order valence-electron chi connectivity index (χ0n) is 13.4. The van der Waals surface area contributed by atoms with E-state index in [0.29, 0.717) is 23.5 Å². The standard InChI is InChI=1S/C19H18BrNO2S/c1-14-7-8-16(24-14)13-21(12-11-15-5-3-2-4-6-15)19(22)17-9-10-18(20)23-17/h2-10H,11-13H2,1H3. The Hall–Kier alpha value is -1.85. The Labute approximate surface area is 154 Å². The van der Waals surface area contributed by atoms with Gasteiger partial charge in [-0.25, -0.2) is 0 Å². The van der Waals surface area contributed by atoms with Crippen molar-refractivity contribution < 1.29 is 9.21 Å². The van der Waals surface area contributed by atoms with Gasteiger partial charge in [-0.2, -0.15) is 0 Å². The molecule has 0 unspecified atom stereocenters. The number of amides is 1. The van der Waals surface area contributed by atoms with Crippen LogP contribution in [0.1, 0.15) is 25.9 Å².